The van der Waals surface area contributed by atoms with Gasteiger partial charge in [0.1, 0.15) is 0 Å². The highest BCUT2D eigenvalue weighted by Crippen LogP contribution is 2.25. The van der Waals surface area contributed by atoms with Crippen molar-refractivity contribution in [2.75, 3.05) is 18.0 Å². The molecule has 21 heavy (non-hydrogen) atoms. The number of aromatic hydroxyl groups is 2. The minimum absolute atomic E-state index is 0.103. The fourth-order valence-corrected chi connectivity index (χ4v) is 2.17. The largest absolute Gasteiger partial charge is 0.504 e. The average Bonchev–Trinajstić information content (AvgIpc) is 2.47. The van der Waals surface area contributed by atoms with E-state index in [9.17, 15) is 15.0 Å². The molecule has 0 aliphatic carbocycles. The van der Waals surface area contributed by atoms with Crippen LogP contribution in [0.2, 0.25) is 0 Å². The predicted octanol–water partition coefficient (Wildman–Crippen LogP) is 3.12. The number of phenolic OH excluding ortho intramolecular Hbond substituents is 2. The van der Waals surface area contributed by atoms with Crippen LogP contribution in [0.3, 0.4) is 0 Å². The highest BCUT2D eigenvalue weighted by molar-refractivity contribution is 5.99. The molecule has 2 rings (SSSR count). The summed E-state index contributed by atoms with van der Waals surface area (Å²) in [6.45, 7) is 4.94. The SMILES string of the molecule is CCN(CC(=O)c1ccc(O)c(O)c1)c1cccc(C)c1. The molecule has 0 heterocycles. The molecule has 0 amide bonds. The van der Waals surface area contributed by atoms with Crippen molar-refractivity contribution in [2.24, 2.45) is 0 Å². The number of carbonyl (C=O) groups is 1. The number of hydrogen-bond acceptors (Lipinski definition) is 4. The van der Waals surface area contributed by atoms with Gasteiger partial charge in [-0.15, -0.1) is 0 Å². The van der Waals surface area contributed by atoms with Gasteiger partial charge in [-0.05, 0) is 49.7 Å². The molecule has 4 heteroatoms. The van der Waals surface area contributed by atoms with Crippen LogP contribution in [0, 0.1) is 6.92 Å². The number of hydrogen-bond donors (Lipinski definition) is 2. The third kappa shape index (κ3) is 3.54. The second-order valence-corrected chi connectivity index (χ2v) is 4.98. The van der Waals surface area contributed by atoms with E-state index in [1.54, 1.807) is 0 Å². The first-order chi connectivity index (χ1) is 10.0. The van der Waals surface area contributed by atoms with E-state index in [0.717, 1.165) is 11.3 Å². The number of nitrogens with zero attached hydrogens (tertiary/aromatic N) is 1. The quantitative estimate of drug-likeness (QED) is 0.654. The summed E-state index contributed by atoms with van der Waals surface area (Å²) in [5.74, 6) is -0.606. The van der Waals surface area contributed by atoms with Gasteiger partial charge >= 0.3 is 0 Å². The van der Waals surface area contributed by atoms with Crippen LogP contribution in [0.5, 0.6) is 11.5 Å². The molecular weight excluding hydrogens is 266 g/mol. The molecule has 0 saturated carbocycles. The van der Waals surface area contributed by atoms with Crippen molar-refractivity contribution in [1.29, 1.82) is 0 Å². The number of anilines is 1. The zero-order valence-corrected chi connectivity index (χ0v) is 12.2. The third-order valence-corrected chi connectivity index (χ3v) is 3.38. The van der Waals surface area contributed by atoms with Gasteiger partial charge in [-0.1, -0.05) is 12.1 Å². The van der Waals surface area contributed by atoms with Gasteiger partial charge in [0.25, 0.3) is 0 Å². The summed E-state index contributed by atoms with van der Waals surface area (Å²) >= 11 is 0. The molecule has 0 spiro atoms. The molecule has 0 radical (unpaired) electrons. The Hall–Kier alpha value is -2.49. The Balaban J connectivity index is 2.18. The van der Waals surface area contributed by atoms with Gasteiger partial charge in [-0.3, -0.25) is 4.79 Å². The first kappa shape index (κ1) is 14.9. The Morgan fingerprint density at radius 2 is 1.86 bits per heavy atom. The molecule has 2 aromatic carbocycles. The number of rotatable bonds is 5. The Morgan fingerprint density at radius 1 is 1.10 bits per heavy atom. The number of ketones is 1. The third-order valence-electron chi connectivity index (χ3n) is 3.38. The number of aryl methyl sites for hydroxylation is 1. The first-order valence-electron chi connectivity index (χ1n) is 6.88. The van der Waals surface area contributed by atoms with Gasteiger partial charge in [0.2, 0.25) is 0 Å². The van der Waals surface area contributed by atoms with E-state index in [1.165, 1.54) is 18.2 Å². The van der Waals surface area contributed by atoms with Crippen molar-refractivity contribution >= 4 is 11.5 Å². The Labute approximate surface area is 124 Å². The summed E-state index contributed by atoms with van der Waals surface area (Å²) in [6.07, 6.45) is 0. The molecule has 0 aliphatic heterocycles. The van der Waals surface area contributed by atoms with E-state index in [4.69, 9.17) is 0 Å². The van der Waals surface area contributed by atoms with E-state index in [0.29, 0.717) is 12.1 Å². The van der Waals surface area contributed by atoms with Crippen LogP contribution >= 0.6 is 0 Å². The van der Waals surface area contributed by atoms with Crippen molar-refractivity contribution in [3.63, 3.8) is 0 Å². The number of phenols is 2. The zero-order chi connectivity index (χ0) is 15.4. The van der Waals surface area contributed by atoms with E-state index < -0.39 is 0 Å². The lowest BCUT2D eigenvalue weighted by molar-refractivity contribution is 0.0999. The number of Topliss-reactive ketones (excluding diaryl/α,β-unsaturated/α-hetero) is 1. The van der Waals surface area contributed by atoms with Gasteiger partial charge in [0.05, 0.1) is 6.54 Å². The Bertz CT molecular complexity index is 652. The second kappa shape index (κ2) is 6.31. The van der Waals surface area contributed by atoms with Crippen molar-refractivity contribution in [1.82, 2.24) is 0 Å². The number of benzene rings is 2. The topological polar surface area (TPSA) is 60.8 Å². The van der Waals surface area contributed by atoms with Crippen LogP contribution < -0.4 is 4.90 Å². The Morgan fingerprint density at radius 3 is 2.48 bits per heavy atom. The Kier molecular flexibility index (Phi) is 4.48. The molecule has 4 nitrogen and oxygen atoms in total. The highest BCUT2D eigenvalue weighted by atomic mass is 16.3. The summed E-state index contributed by atoms with van der Waals surface area (Å²) in [5.41, 5.74) is 2.52. The highest BCUT2D eigenvalue weighted by Gasteiger charge is 2.13. The van der Waals surface area contributed by atoms with Gasteiger partial charge in [0, 0.05) is 17.8 Å². The van der Waals surface area contributed by atoms with E-state index in [2.05, 4.69) is 0 Å². The van der Waals surface area contributed by atoms with Crippen LogP contribution in [0.15, 0.2) is 42.5 Å². The van der Waals surface area contributed by atoms with Crippen LogP contribution in [0.4, 0.5) is 5.69 Å². The maximum Gasteiger partial charge on any atom is 0.182 e. The monoisotopic (exact) mass is 285 g/mol. The fourth-order valence-electron chi connectivity index (χ4n) is 2.17. The van der Waals surface area contributed by atoms with Crippen molar-refractivity contribution < 1.29 is 15.0 Å². The summed E-state index contributed by atoms with van der Waals surface area (Å²) in [7, 11) is 0. The minimum Gasteiger partial charge on any atom is -0.504 e. The smallest absolute Gasteiger partial charge is 0.182 e. The van der Waals surface area contributed by atoms with Crippen LogP contribution in [-0.4, -0.2) is 29.1 Å². The van der Waals surface area contributed by atoms with Gasteiger partial charge in [0.15, 0.2) is 17.3 Å². The molecule has 0 bridgehead atoms. The van der Waals surface area contributed by atoms with E-state index in [1.807, 2.05) is 43.0 Å². The standard InChI is InChI=1S/C17H19NO3/c1-3-18(14-6-4-5-12(2)9-14)11-17(21)13-7-8-15(19)16(20)10-13/h4-10,19-20H,3,11H2,1-2H3. The van der Waals surface area contributed by atoms with Crippen molar-refractivity contribution in [3.05, 3.63) is 53.6 Å². The average molecular weight is 285 g/mol. The van der Waals surface area contributed by atoms with E-state index >= 15 is 0 Å². The van der Waals surface area contributed by atoms with Crippen LogP contribution in [0.25, 0.3) is 0 Å². The molecule has 0 unspecified atom stereocenters. The van der Waals surface area contributed by atoms with Gasteiger partial charge in [-0.2, -0.15) is 0 Å². The number of likely N-dealkylation sites (N-methyl/N-ethyl adjacent to an activating group) is 1. The lowest BCUT2D eigenvalue weighted by atomic mass is 10.1. The minimum atomic E-state index is -0.278. The molecule has 0 fully saturated rings. The lowest BCUT2D eigenvalue weighted by Crippen LogP contribution is -2.29. The van der Waals surface area contributed by atoms with Crippen molar-refractivity contribution in [2.45, 2.75) is 13.8 Å². The fraction of sp³-hybridized carbons (Fsp3) is 0.235. The molecular formula is C17H19NO3. The first-order valence-corrected chi connectivity index (χ1v) is 6.88. The molecule has 110 valence electrons. The maximum atomic E-state index is 12.3. The normalized spacial score (nSPS) is 10.4. The van der Waals surface area contributed by atoms with Gasteiger partial charge < -0.3 is 15.1 Å². The molecule has 2 N–H and O–H groups in total. The van der Waals surface area contributed by atoms with Crippen LogP contribution in [0.1, 0.15) is 22.8 Å². The molecule has 0 aliphatic rings. The summed E-state index contributed by atoms with van der Waals surface area (Å²) in [4.78, 5) is 14.3. The summed E-state index contributed by atoms with van der Waals surface area (Å²) in [5, 5.41) is 18.8. The summed E-state index contributed by atoms with van der Waals surface area (Å²) < 4.78 is 0. The zero-order valence-electron chi connectivity index (χ0n) is 12.2. The molecule has 2 aromatic rings. The molecule has 0 atom stereocenters. The van der Waals surface area contributed by atoms with Gasteiger partial charge in [-0.25, -0.2) is 0 Å². The molecule has 0 aromatic heterocycles. The van der Waals surface area contributed by atoms with Crippen molar-refractivity contribution in [3.8, 4) is 11.5 Å². The van der Waals surface area contributed by atoms with Crippen LogP contribution in [-0.2, 0) is 0 Å². The number of carbonyl (C=O) groups excluding carboxylic acids is 1. The van der Waals surface area contributed by atoms with E-state index in [-0.39, 0.29) is 23.8 Å². The maximum absolute atomic E-state index is 12.3. The summed E-state index contributed by atoms with van der Waals surface area (Å²) in [6, 6.07) is 12.1. The second-order valence-electron chi connectivity index (χ2n) is 4.98. The lowest BCUT2D eigenvalue weighted by Gasteiger charge is -2.22. The predicted molar refractivity (Wildman–Crippen MR) is 83.2 cm³/mol. The molecule has 0 saturated heterocycles.